The van der Waals surface area contributed by atoms with Crippen molar-refractivity contribution < 1.29 is 0 Å². The summed E-state index contributed by atoms with van der Waals surface area (Å²) in [7, 11) is 0. The summed E-state index contributed by atoms with van der Waals surface area (Å²) in [5.74, 6) is 0. The van der Waals surface area contributed by atoms with Gasteiger partial charge in [-0.05, 0) is 44.4 Å². The van der Waals surface area contributed by atoms with Crippen LogP contribution < -0.4 is 5.32 Å². The van der Waals surface area contributed by atoms with Crippen LogP contribution >= 0.6 is 0 Å². The van der Waals surface area contributed by atoms with Crippen molar-refractivity contribution in [2.75, 3.05) is 6.54 Å². The molecule has 96 valence electrons. The summed E-state index contributed by atoms with van der Waals surface area (Å²) in [6.07, 6.45) is 7.09. The third-order valence-corrected chi connectivity index (χ3v) is 3.97. The molecule has 2 atom stereocenters. The van der Waals surface area contributed by atoms with Gasteiger partial charge in [0.25, 0.3) is 0 Å². The number of nitrogens with one attached hydrogen (secondary N) is 1. The molecule has 2 unspecified atom stereocenters. The quantitative estimate of drug-likeness (QED) is 0.894. The summed E-state index contributed by atoms with van der Waals surface area (Å²) in [5, 5.41) is 3.69. The van der Waals surface area contributed by atoms with E-state index in [0.717, 1.165) is 12.1 Å². The Morgan fingerprint density at radius 2 is 2.22 bits per heavy atom. The fraction of sp³-hybridized carbons (Fsp3) is 0.533. The molecule has 2 aromatic rings. The number of rotatable bonds is 4. The van der Waals surface area contributed by atoms with Crippen molar-refractivity contribution in [3.8, 4) is 0 Å². The molecule has 1 fully saturated rings. The lowest BCUT2D eigenvalue weighted by Gasteiger charge is -2.22. The van der Waals surface area contributed by atoms with Crippen LogP contribution in [0.3, 0.4) is 0 Å². The molecule has 0 amide bonds. The van der Waals surface area contributed by atoms with Gasteiger partial charge in [0.05, 0.1) is 23.4 Å². The van der Waals surface area contributed by atoms with Crippen LogP contribution in [-0.4, -0.2) is 22.1 Å². The van der Waals surface area contributed by atoms with Crippen LogP contribution in [0.1, 0.15) is 38.6 Å². The summed E-state index contributed by atoms with van der Waals surface area (Å²) in [5.41, 5.74) is 2.38. The number of benzene rings is 1. The van der Waals surface area contributed by atoms with Crippen LogP contribution in [0.15, 0.2) is 30.6 Å². The van der Waals surface area contributed by atoms with E-state index in [1.165, 1.54) is 31.2 Å². The van der Waals surface area contributed by atoms with Crippen molar-refractivity contribution in [1.29, 1.82) is 0 Å². The van der Waals surface area contributed by atoms with Gasteiger partial charge in [0.2, 0.25) is 0 Å². The lowest BCUT2D eigenvalue weighted by Crippen LogP contribution is -2.34. The molecule has 3 rings (SSSR count). The molecule has 0 spiro atoms. The minimum Gasteiger partial charge on any atom is -0.326 e. The second-order valence-corrected chi connectivity index (χ2v) is 5.20. The molecule has 3 heteroatoms. The first kappa shape index (κ1) is 11.7. The number of hydrogen-bond acceptors (Lipinski definition) is 2. The first-order valence-electron chi connectivity index (χ1n) is 7.05. The molecule has 1 aromatic carbocycles. The predicted octanol–water partition coefficient (Wildman–Crippen LogP) is 3.13. The van der Waals surface area contributed by atoms with Gasteiger partial charge in [0.15, 0.2) is 0 Å². The van der Waals surface area contributed by atoms with Gasteiger partial charge in [-0.3, -0.25) is 0 Å². The first-order chi connectivity index (χ1) is 8.90. The van der Waals surface area contributed by atoms with E-state index >= 15 is 0 Å². The number of para-hydroxylation sites is 2. The highest BCUT2D eigenvalue weighted by molar-refractivity contribution is 5.75. The van der Waals surface area contributed by atoms with Crippen molar-refractivity contribution in [2.45, 2.75) is 44.7 Å². The summed E-state index contributed by atoms with van der Waals surface area (Å²) >= 11 is 0. The second-order valence-electron chi connectivity index (χ2n) is 5.20. The van der Waals surface area contributed by atoms with Crippen molar-refractivity contribution in [2.24, 2.45) is 0 Å². The summed E-state index contributed by atoms with van der Waals surface area (Å²) in [4.78, 5) is 4.51. The van der Waals surface area contributed by atoms with Crippen molar-refractivity contribution in [3.05, 3.63) is 30.6 Å². The minimum atomic E-state index is 0.573. The first-order valence-corrected chi connectivity index (χ1v) is 7.05. The molecule has 0 bridgehead atoms. The Kier molecular flexibility index (Phi) is 3.33. The van der Waals surface area contributed by atoms with Crippen molar-refractivity contribution in [1.82, 2.24) is 14.9 Å². The maximum Gasteiger partial charge on any atom is 0.0961 e. The SMILES string of the molecule is CCCNC1CCCC1n1cnc2ccccc21. The van der Waals surface area contributed by atoms with Gasteiger partial charge in [0, 0.05) is 6.04 Å². The Morgan fingerprint density at radius 3 is 3.11 bits per heavy atom. The number of imidazole rings is 1. The van der Waals surface area contributed by atoms with E-state index in [1.807, 2.05) is 6.33 Å². The molecule has 0 saturated heterocycles. The van der Waals surface area contributed by atoms with E-state index in [9.17, 15) is 0 Å². The van der Waals surface area contributed by atoms with Gasteiger partial charge in [0.1, 0.15) is 0 Å². The van der Waals surface area contributed by atoms with E-state index in [4.69, 9.17) is 0 Å². The van der Waals surface area contributed by atoms with Crippen LogP contribution in [0, 0.1) is 0 Å². The Morgan fingerprint density at radius 1 is 1.33 bits per heavy atom. The molecular formula is C15H21N3. The molecule has 3 nitrogen and oxygen atoms in total. The average Bonchev–Trinajstić information content (AvgIpc) is 3.02. The molecular weight excluding hydrogens is 222 g/mol. The van der Waals surface area contributed by atoms with E-state index in [1.54, 1.807) is 0 Å². The third kappa shape index (κ3) is 2.03. The topological polar surface area (TPSA) is 29.9 Å². The van der Waals surface area contributed by atoms with E-state index in [-0.39, 0.29) is 0 Å². The minimum absolute atomic E-state index is 0.573. The normalized spacial score (nSPS) is 23.8. The van der Waals surface area contributed by atoms with Gasteiger partial charge < -0.3 is 9.88 Å². The zero-order chi connectivity index (χ0) is 12.4. The Hall–Kier alpha value is -1.35. The molecule has 0 aliphatic heterocycles. The fourth-order valence-corrected chi connectivity index (χ4v) is 3.08. The summed E-state index contributed by atoms with van der Waals surface area (Å²) < 4.78 is 2.37. The summed E-state index contributed by atoms with van der Waals surface area (Å²) in [6.45, 7) is 3.34. The van der Waals surface area contributed by atoms with Gasteiger partial charge in [-0.1, -0.05) is 19.1 Å². The molecule has 1 N–H and O–H groups in total. The van der Waals surface area contributed by atoms with Gasteiger partial charge >= 0.3 is 0 Å². The van der Waals surface area contributed by atoms with Gasteiger partial charge in [-0.25, -0.2) is 4.98 Å². The van der Waals surface area contributed by atoms with Gasteiger partial charge in [-0.15, -0.1) is 0 Å². The summed E-state index contributed by atoms with van der Waals surface area (Å²) in [6, 6.07) is 9.62. The lowest BCUT2D eigenvalue weighted by molar-refractivity contribution is 0.399. The van der Waals surface area contributed by atoms with Crippen LogP contribution in [0.2, 0.25) is 0 Å². The highest BCUT2D eigenvalue weighted by Crippen LogP contribution is 2.32. The smallest absolute Gasteiger partial charge is 0.0961 e. The third-order valence-electron chi connectivity index (χ3n) is 3.97. The fourth-order valence-electron chi connectivity index (χ4n) is 3.08. The Labute approximate surface area is 108 Å². The standard InChI is InChI=1S/C15H21N3/c1-2-10-16-12-7-5-9-15(12)18-11-17-13-6-3-4-8-14(13)18/h3-4,6,8,11-12,15-16H,2,5,7,9-10H2,1H3. The van der Waals surface area contributed by atoms with E-state index in [2.05, 4.69) is 46.1 Å². The van der Waals surface area contributed by atoms with E-state index < -0.39 is 0 Å². The average molecular weight is 243 g/mol. The number of aromatic nitrogens is 2. The zero-order valence-corrected chi connectivity index (χ0v) is 11.0. The van der Waals surface area contributed by atoms with Crippen LogP contribution in [0.25, 0.3) is 11.0 Å². The Balaban J connectivity index is 1.88. The number of fused-ring (bicyclic) bond motifs is 1. The highest BCUT2D eigenvalue weighted by atomic mass is 15.1. The maximum absolute atomic E-state index is 4.51. The molecule has 0 radical (unpaired) electrons. The van der Waals surface area contributed by atoms with Crippen LogP contribution in [0.5, 0.6) is 0 Å². The van der Waals surface area contributed by atoms with Crippen molar-refractivity contribution in [3.63, 3.8) is 0 Å². The number of nitrogens with zero attached hydrogens (tertiary/aromatic N) is 2. The van der Waals surface area contributed by atoms with Crippen LogP contribution in [0.4, 0.5) is 0 Å². The van der Waals surface area contributed by atoms with Gasteiger partial charge in [-0.2, -0.15) is 0 Å². The zero-order valence-electron chi connectivity index (χ0n) is 11.0. The second kappa shape index (κ2) is 5.11. The maximum atomic E-state index is 4.51. The highest BCUT2D eigenvalue weighted by Gasteiger charge is 2.28. The number of hydrogen-bond donors (Lipinski definition) is 1. The molecule has 1 saturated carbocycles. The van der Waals surface area contributed by atoms with E-state index in [0.29, 0.717) is 12.1 Å². The molecule has 1 aliphatic rings. The molecule has 1 aromatic heterocycles. The van der Waals surface area contributed by atoms with Crippen LogP contribution in [-0.2, 0) is 0 Å². The molecule has 1 heterocycles. The molecule has 18 heavy (non-hydrogen) atoms. The Bertz CT molecular complexity index is 517. The predicted molar refractivity (Wildman–Crippen MR) is 74.7 cm³/mol. The molecule has 1 aliphatic carbocycles. The largest absolute Gasteiger partial charge is 0.326 e. The van der Waals surface area contributed by atoms with Crippen molar-refractivity contribution >= 4 is 11.0 Å². The lowest BCUT2D eigenvalue weighted by atomic mass is 10.1. The monoisotopic (exact) mass is 243 g/mol.